The molecule has 3 nitrogen and oxygen atoms in total. The lowest BCUT2D eigenvalue weighted by Crippen LogP contribution is -2.37. The van der Waals surface area contributed by atoms with Gasteiger partial charge in [0.05, 0.1) is 0 Å². The highest BCUT2D eigenvalue weighted by Crippen LogP contribution is 2.35. The van der Waals surface area contributed by atoms with Gasteiger partial charge in [0.15, 0.2) is 0 Å². The first kappa shape index (κ1) is 14.6. The maximum Gasteiger partial charge on any atom is 0.217 e. The second-order valence-corrected chi connectivity index (χ2v) is 6.61. The molecule has 2 N–H and O–H groups in total. The van der Waals surface area contributed by atoms with E-state index in [1.807, 2.05) is 0 Å². The molecule has 114 valence electrons. The summed E-state index contributed by atoms with van der Waals surface area (Å²) in [6, 6.07) is 9.55. The van der Waals surface area contributed by atoms with Gasteiger partial charge in [0.1, 0.15) is 0 Å². The van der Waals surface area contributed by atoms with Crippen molar-refractivity contribution in [2.24, 2.45) is 11.7 Å². The third kappa shape index (κ3) is 3.46. The number of piperidine rings is 1. The Labute approximate surface area is 127 Å². The second-order valence-electron chi connectivity index (χ2n) is 6.61. The van der Waals surface area contributed by atoms with Crippen molar-refractivity contribution in [1.29, 1.82) is 0 Å². The van der Waals surface area contributed by atoms with Gasteiger partial charge in [-0.05, 0) is 62.2 Å². The minimum atomic E-state index is -0.145. The van der Waals surface area contributed by atoms with Crippen LogP contribution >= 0.6 is 0 Å². The summed E-state index contributed by atoms with van der Waals surface area (Å²) in [5, 5.41) is 0. The summed E-state index contributed by atoms with van der Waals surface area (Å²) in [6.45, 7) is 2.22. The number of nitrogens with two attached hydrogens (primary N) is 1. The SMILES string of the molecule is NC(=O)CC1CCN(C2CCCCc3ccccc32)CC1. The second kappa shape index (κ2) is 6.61. The summed E-state index contributed by atoms with van der Waals surface area (Å²) < 4.78 is 0. The number of hydrogen-bond donors (Lipinski definition) is 1. The van der Waals surface area contributed by atoms with Crippen molar-refractivity contribution in [1.82, 2.24) is 4.90 Å². The van der Waals surface area contributed by atoms with Crippen LogP contribution in [-0.2, 0) is 11.2 Å². The Morgan fingerprint density at radius 2 is 1.90 bits per heavy atom. The largest absolute Gasteiger partial charge is 0.370 e. The first-order chi connectivity index (χ1) is 10.2. The number of nitrogens with zero attached hydrogens (tertiary/aromatic N) is 1. The maximum absolute atomic E-state index is 11.1. The van der Waals surface area contributed by atoms with Gasteiger partial charge in [-0.1, -0.05) is 30.7 Å². The number of benzene rings is 1. The van der Waals surface area contributed by atoms with Crippen LogP contribution in [0.25, 0.3) is 0 Å². The smallest absolute Gasteiger partial charge is 0.217 e. The first-order valence-corrected chi connectivity index (χ1v) is 8.34. The fraction of sp³-hybridized carbons (Fsp3) is 0.611. The molecule has 1 atom stereocenters. The Hall–Kier alpha value is -1.35. The van der Waals surface area contributed by atoms with Crippen LogP contribution in [0.5, 0.6) is 0 Å². The molecule has 2 aliphatic rings. The summed E-state index contributed by atoms with van der Waals surface area (Å²) in [7, 11) is 0. The fourth-order valence-electron chi connectivity index (χ4n) is 4.03. The molecule has 1 aliphatic carbocycles. The molecule has 21 heavy (non-hydrogen) atoms. The normalized spacial score (nSPS) is 24.3. The van der Waals surface area contributed by atoms with Crippen LogP contribution in [0.1, 0.15) is 55.7 Å². The van der Waals surface area contributed by atoms with Gasteiger partial charge < -0.3 is 5.73 Å². The molecule has 0 bridgehead atoms. The zero-order valence-electron chi connectivity index (χ0n) is 12.8. The lowest BCUT2D eigenvalue weighted by atomic mass is 9.90. The Kier molecular flexibility index (Phi) is 4.59. The van der Waals surface area contributed by atoms with Gasteiger partial charge in [-0.15, -0.1) is 0 Å². The van der Waals surface area contributed by atoms with Gasteiger partial charge in [-0.2, -0.15) is 0 Å². The van der Waals surface area contributed by atoms with Crippen LogP contribution < -0.4 is 5.73 Å². The van der Waals surface area contributed by atoms with E-state index in [1.54, 1.807) is 11.1 Å². The number of fused-ring (bicyclic) bond motifs is 1. The average molecular weight is 286 g/mol. The van der Waals surface area contributed by atoms with E-state index < -0.39 is 0 Å². The molecule has 0 aromatic heterocycles. The molecular weight excluding hydrogens is 260 g/mol. The van der Waals surface area contributed by atoms with E-state index in [9.17, 15) is 4.79 Å². The molecule has 1 amide bonds. The zero-order valence-corrected chi connectivity index (χ0v) is 12.8. The van der Waals surface area contributed by atoms with E-state index in [0.717, 1.165) is 25.9 Å². The molecule has 1 fully saturated rings. The number of likely N-dealkylation sites (tertiary alicyclic amines) is 1. The highest BCUT2D eigenvalue weighted by Gasteiger charge is 2.28. The molecular formula is C18H26N2O. The van der Waals surface area contributed by atoms with Crippen LogP contribution in [0.2, 0.25) is 0 Å². The predicted octanol–water partition coefficient (Wildman–Crippen LogP) is 3.04. The summed E-state index contributed by atoms with van der Waals surface area (Å²) >= 11 is 0. The monoisotopic (exact) mass is 286 g/mol. The van der Waals surface area contributed by atoms with Crippen molar-refractivity contribution < 1.29 is 4.79 Å². The number of carbonyl (C=O) groups is 1. The molecule has 3 rings (SSSR count). The third-order valence-electron chi connectivity index (χ3n) is 5.17. The molecule has 0 spiro atoms. The molecule has 1 aliphatic heterocycles. The van der Waals surface area contributed by atoms with Crippen molar-refractivity contribution >= 4 is 5.91 Å². The van der Waals surface area contributed by atoms with Crippen molar-refractivity contribution in [2.45, 2.75) is 51.0 Å². The van der Waals surface area contributed by atoms with E-state index in [-0.39, 0.29) is 5.91 Å². The van der Waals surface area contributed by atoms with Crippen molar-refractivity contribution in [3.63, 3.8) is 0 Å². The molecule has 1 heterocycles. The molecule has 0 radical (unpaired) electrons. The minimum absolute atomic E-state index is 0.145. The van der Waals surface area contributed by atoms with Crippen LogP contribution in [0.15, 0.2) is 24.3 Å². The third-order valence-corrected chi connectivity index (χ3v) is 5.17. The van der Waals surface area contributed by atoms with Crippen LogP contribution in [0.4, 0.5) is 0 Å². The Bertz CT molecular complexity index is 492. The van der Waals surface area contributed by atoms with Gasteiger partial charge in [0, 0.05) is 12.5 Å². The molecule has 1 unspecified atom stereocenters. The predicted molar refractivity (Wildman–Crippen MR) is 84.8 cm³/mol. The quantitative estimate of drug-likeness (QED) is 0.868. The van der Waals surface area contributed by atoms with Crippen molar-refractivity contribution in [3.8, 4) is 0 Å². The molecule has 1 saturated heterocycles. The van der Waals surface area contributed by atoms with E-state index >= 15 is 0 Å². The van der Waals surface area contributed by atoms with Crippen molar-refractivity contribution in [2.75, 3.05) is 13.1 Å². The minimum Gasteiger partial charge on any atom is -0.370 e. The van der Waals surface area contributed by atoms with E-state index in [2.05, 4.69) is 29.2 Å². The first-order valence-electron chi connectivity index (χ1n) is 8.34. The number of amides is 1. The Morgan fingerprint density at radius 1 is 1.14 bits per heavy atom. The molecule has 1 aromatic carbocycles. The number of hydrogen-bond acceptors (Lipinski definition) is 2. The van der Waals surface area contributed by atoms with Crippen LogP contribution in [0.3, 0.4) is 0 Å². The standard InChI is InChI=1S/C18H26N2O/c19-18(21)13-14-9-11-20(12-10-14)17-8-4-2-6-15-5-1-3-7-16(15)17/h1,3,5,7,14,17H,2,4,6,8-13H2,(H2,19,21). The molecule has 1 aromatic rings. The van der Waals surface area contributed by atoms with Gasteiger partial charge in [-0.25, -0.2) is 0 Å². The van der Waals surface area contributed by atoms with Crippen LogP contribution in [0, 0.1) is 5.92 Å². The summed E-state index contributed by atoms with van der Waals surface area (Å²) in [4.78, 5) is 13.7. The lowest BCUT2D eigenvalue weighted by Gasteiger charge is -2.38. The number of primary amides is 1. The van der Waals surface area contributed by atoms with Gasteiger partial charge in [0.25, 0.3) is 0 Å². The maximum atomic E-state index is 11.1. The zero-order chi connectivity index (χ0) is 14.7. The average Bonchev–Trinajstić information content (AvgIpc) is 2.70. The van der Waals surface area contributed by atoms with Gasteiger partial charge in [0.2, 0.25) is 5.91 Å². The highest BCUT2D eigenvalue weighted by atomic mass is 16.1. The van der Waals surface area contributed by atoms with Crippen molar-refractivity contribution in [3.05, 3.63) is 35.4 Å². The number of carbonyl (C=O) groups excluding carboxylic acids is 1. The van der Waals surface area contributed by atoms with Crippen LogP contribution in [-0.4, -0.2) is 23.9 Å². The van der Waals surface area contributed by atoms with E-state index in [4.69, 9.17) is 5.73 Å². The van der Waals surface area contributed by atoms with Gasteiger partial charge in [-0.3, -0.25) is 9.69 Å². The molecule has 3 heteroatoms. The van der Waals surface area contributed by atoms with Gasteiger partial charge >= 0.3 is 0 Å². The Morgan fingerprint density at radius 3 is 2.67 bits per heavy atom. The summed E-state index contributed by atoms with van der Waals surface area (Å²) in [5.41, 5.74) is 8.42. The molecule has 0 saturated carbocycles. The number of aryl methyl sites for hydroxylation is 1. The Balaban J connectivity index is 1.69. The lowest BCUT2D eigenvalue weighted by molar-refractivity contribution is -0.119. The van der Waals surface area contributed by atoms with E-state index in [1.165, 1.54) is 25.7 Å². The highest BCUT2D eigenvalue weighted by molar-refractivity contribution is 5.73. The summed E-state index contributed by atoms with van der Waals surface area (Å²) in [5.74, 6) is 0.355. The number of rotatable bonds is 3. The topological polar surface area (TPSA) is 46.3 Å². The summed E-state index contributed by atoms with van der Waals surface area (Å²) in [6.07, 6.45) is 7.92. The van der Waals surface area contributed by atoms with E-state index in [0.29, 0.717) is 18.4 Å². The fourth-order valence-corrected chi connectivity index (χ4v) is 4.03.